The van der Waals surface area contributed by atoms with Crippen molar-refractivity contribution < 1.29 is 18.8 Å². The van der Waals surface area contributed by atoms with Gasteiger partial charge in [-0.25, -0.2) is 9.18 Å². The molecule has 1 saturated heterocycles. The van der Waals surface area contributed by atoms with Crippen molar-refractivity contribution in [1.29, 1.82) is 0 Å². The monoisotopic (exact) mass is 407 g/mol. The third-order valence-electron chi connectivity index (χ3n) is 5.83. The minimum absolute atomic E-state index is 0.279. The summed E-state index contributed by atoms with van der Waals surface area (Å²) in [5.74, 6) is -1.27. The number of fused-ring (bicyclic) bond motifs is 1. The largest absolute Gasteiger partial charge is 0.360 e. The second-order valence-electron chi connectivity index (χ2n) is 7.41. The molecule has 7 heteroatoms. The van der Waals surface area contributed by atoms with E-state index >= 15 is 0 Å². The normalized spacial score (nSPS) is 18.8. The SMILES string of the molecule is CCc1cccc2c(C(=O)CN3C(=O)N[C@@](CC)(c4ccc(F)cc4)C3=O)c[nH]c12. The maximum absolute atomic E-state index is 13.3. The molecule has 0 saturated carbocycles. The molecule has 0 unspecified atom stereocenters. The lowest BCUT2D eigenvalue weighted by Gasteiger charge is -2.25. The molecule has 1 atom stereocenters. The van der Waals surface area contributed by atoms with Gasteiger partial charge in [0.1, 0.15) is 11.4 Å². The molecule has 3 amide bonds. The maximum Gasteiger partial charge on any atom is 0.325 e. The zero-order valence-electron chi connectivity index (χ0n) is 16.8. The number of amides is 3. The van der Waals surface area contributed by atoms with Crippen LogP contribution in [-0.2, 0) is 16.8 Å². The Kier molecular flexibility index (Phi) is 4.89. The molecule has 1 fully saturated rings. The molecule has 2 heterocycles. The third kappa shape index (κ3) is 2.98. The molecule has 30 heavy (non-hydrogen) atoms. The van der Waals surface area contributed by atoms with Gasteiger partial charge in [0.05, 0.1) is 6.54 Å². The molecule has 0 bridgehead atoms. The van der Waals surface area contributed by atoms with Crippen molar-refractivity contribution in [3.63, 3.8) is 0 Å². The van der Waals surface area contributed by atoms with E-state index in [1.165, 1.54) is 24.3 Å². The van der Waals surface area contributed by atoms with E-state index in [1.807, 2.05) is 25.1 Å². The van der Waals surface area contributed by atoms with Crippen molar-refractivity contribution in [1.82, 2.24) is 15.2 Å². The number of carbonyl (C=O) groups is 3. The number of rotatable bonds is 6. The van der Waals surface area contributed by atoms with Crippen LogP contribution in [0.2, 0.25) is 0 Å². The number of nitrogens with one attached hydrogen (secondary N) is 2. The lowest BCUT2D eigenvalue weighted by molar-refractivity contribution is -0.131. The molecule has 0 spiro atoms. The first-order valence-corrected chi connectivity index (χ1v) is 9.93. The minimum Gasteiger partial charge on any atom is -0.360 e. The molecular weight excluding hydrogens is 385 g/mol. The lowest BCUT2D eigenvalue weighted by atomic mass is 9.87. The summed E-state index contributed by atoms with van der Waals surface area (Å²) in [5, 5.41) is 3.48. The maximum atomic E-state index is 13.3. The highest BCUT2D eigenvalue weighted by molar-refractivity contribution is 6.14. The van der Waals surface area contributed by atoms with Crippen LogP contribution in [-0.4, -0.2) is 34.2 Å². The molecule has 154 valence electrons. The number of hydrogen-bond donors (Lipinski definition) is 2. The number of hydrogen-bond acceptors (Lipinski definition) is 3. The second kappa shape index (κ2) is 7.40. The van der Waals surface area contributed by atoms with Crippen molar-refractivity contribution >= 4 is 28.6 Å². The van der Waals surface area contributed by atoms with Gasteiger partial charge in [-0.05, 0) is 36.1 Å². The number of ketones is 1. The van der Waals surface area contributed by atoms with E-state index in [2.05, 4.69) is 10.3 Å². The summed E-state index contributed by atoms with van der Waals surface area (Å²) in [7, 11) is 0. The molecule has 4 rings (SSSR count). The smallest absolute Gasteiger partial charge is 0.325 e. The van der Waals surface area contributed by atoms with Gasteiger partial charge in [0, 0.05) is 22.7 Å². The lowest BCUT2D eigenvalue weighted by Crippen LogP contribution is -2.43. The quantitative estimate of drug-likeness (QED) is 0.480. The molecule has 1 aromatic heterocycles. The zero-order valence-corrected chi connectivity index (χ0v) is 16.8. The van der Waals surface area contributed by atoms with Crippen molar-refractivity contribution in [3.05, 3.63) is 71.2 Å². The highest BCUT2D eigenvalue weighted by Crippen LogP contribution is 2.33. The Morgan fingerprint density at radius 1 is 1.10 bits per heavy atom. The van der Waals surface area contributed by atoms with Crippen molar-refractivity contribution in [2.24, 2.45) is 0 Å². The van der Waals surface area contributed by atoms with Crippen molar-refractivity contribution in [2.45, 2.75) is 32.2 Å². The predicted octanol–water partition coefficient (Wildman–Crippen LogP) is 3.91. The number of aromatic amines is 1. The number of para-hydroxylation sites is 1. The highest BCUT2D eigenvalue weighted by Gasteiger charge is 2.51. The van der Waals surface area contributed by atoms with E-state index in [4.69, 9.17) is 0 Å². The first-order chi connectivity index (χ1) is 14.4. The van der Waals surface area contributed by atoms with Crippen LogP contribution in [0.25, 0.3) is 10.9 Å². The molecule has 0 aliphatic carbocycles. The Hall–Kier alpha value is -3.48. The Balaban J connectivity index is 1.64. The summed E-state index contributed by atoms with van der Waals surface area (Å²) in [6.07, 6.45) is 2.72. The van der Waals surface area contributed by atoms with E-state index in [-0.39, 0.29) is 18.7 Å². The van der Waals surface area contributed by atoms with Crippen LogP contribution in [0.15, 0.2) is 48.7 Å². The van der Waals surface area contributed by atoms with Crippen LogP contribution >= 0.6 is 0 Å². The Labute approximate surface area is 173 Å². The van der Waals surface area contributed by atoms with Gasteiger partial charge in [-0.15, -0.1) is 0 Å². The van der Waals surface area contributed by atoms with Gasteiger partial charge in [-0.3, -0.25) is 14.5 Å². The number of urea groups is 1. The van der Waals surface area contributed by atoms with Crippen LogP contribution < -0.4 is 5.32 Å². The van der Waals surface area contributed by atoms with Crippen LogP contribution in [0.3, 0.4) is 0 Å². The van der Waals surface area contributed by atoms with E-state index < -0.39 is 23.3 Å². The summed E-state index contributed by atoms with van der Waals surface area (Å²) in [5.41, 5.74) is 1.59. The number of aryl methyl sites for hydroxylation is 1. The Bertz CT molecular complexity index is 1150. The fraction of sp³-hybridized carbons (Fsp3) is 0.261. The number of carbonyl (C=O) groups excluding carboxylic acids is 3. The van der Waals surface area contributed by atoms with Gasteiger partial charge >= 0.3 is 6.03 Å². The number of nitrogens with zero attached hydrogens (tertiary/aromatic N) is 1. The number of halogens is 1. The molecule has 0 radical (unpaired) electrons. The van der Waals surface area contributed by atoms with Gasteiger partial charge in [0.2, 0.25) is 0 Å². The van der Waals surface area contributed by atoms with Crippen LogP contribution in [0.4, 0.5) is 9.18 Å². The average Bonchev–Trinajstić information content (AvgIpc) is 3.29. The Morgan fingerprint density at radius 2 is 1.83 bits per heavy atom. The first-order valence-electron chi connectivity index (χ1n) is 9.93. The number of aromatic nitrogens is 1. The molecule has 1 aliphatic heterocycles. The molecule has 1 aliphatic rings. The summed E-state index contributed by atoms with van der Waals surface area (Å²) in [4.78, 5) is 42.9. The summed E-state index contributed by atoms with van der Waals surface area (Å²) in [6, 6.07) is 10.5. The summed E-state index contributed by atoms with van der Waals surface area (Å²) >= 11 is 0. The molecule has 6 nitrogen and oxygen atoms in total. The summed E-state index contributed by atoms with van der Waals surface area (Å²) < 4.78 is 13.3. The number of imide groups is 1. The number of Topliss-reactive ketones (excluding diaryl/α,β-unsaturated/α-hetero) is 1. The minimum atomic E-state index is -1.30. The molecule has 3 aromatic rings. The van der Waals surface area contributed by atoms with Gasteiger partial charge in [-0.1, -0.05) is 44.2 Å². The van der Waals surface area contributed by atoms with Gasteiger partial charge in [0.25, 0.3) is 5.91 Å². The summed E-state index contributed by atoms with van der Waals surface area (Å²) in [6.45, 7) is 3.43. The molecule has 2 N–H and O–H groups in total. The third-order valence-corrected chi connectivity index (χ3v) is 5.83. The van der Waals surface area contributed by atoms with Crippen molar-refractivity contribution in [2.75, 3.05) is 6.54 Å². The van der Waals surface area contributed by atoms with Crippen LogP contribution in [0.5, 0.6) is 0 Å². The fourth-order valence-corrected chi connectivity index (χ4v) is 4.11. The predicted molar refractivity (Wildman–Crippen MR) is 111 cm³/mol. The fourth-order valence-electron chi connectivity index (χ4n) is 4.11. The first kappa shape index (κ1) is 19.8. The Morgan fingerprint density at radius 3 is 2.50 bits per heavy atom. The van der Waals surface area contributed by atoms with E-state index in [1.54, 1.807) is 13.1 Å². The average molecular weight is 407 g/mol. The molecule has 2 aromatic carbocycles. The van der Waals surface area contributed by atoms with Crippen LogP contribution in [0.1, 0.15) is 41.8 Å². The van der Waals surface area contributed by atoms with E-state index in [0.29, 0.717) is 11.1 Å². The molecular formula is C23H22FN3O3. The highest BCUT2D eigenvalue weighted by atomic mass is 19.1. The number of H-pyrrole nitrogens is 1. The van der Waals surface area contributed by atoms with E-state index in [0.717, 1.165) is 27.8 Å². The number of benzene rings is 2. The van der Waals surface area contributed by atoms with Gasteiger partial charge in [0.15, 0.2) is 5.78 Å². The van der Waals surface area contributed by atoms with Crippen molar-refractivity contribution in [3.8, 4) is 0 Å². The second-order valence-corrected chi connectivity index (χ2v) is 7.41. The van der Waals surface area contributed by atoms with E-state index in [9.17, 15) is 18.8 Å². The standard InChI is InChI=1S/C23H22FN3O3/c1-3-14-6-5-7-17-18(12-25-20(14)17)19(28)13-27-21(29)23(4-2,26-22(27)30)15-8-10-16(24)11-9-15/h5-12,25H,3-4,13H2,1-2H3,(H,26,30)/t23-/m0/s1. The van der Waals surface area contributed by atoms with Gasteiger partial charge < -0.3 is 10.3 Å². The zero-order chi connectivity index (χ0) is 21.5. The van der Waals surface area contributed by atoms with Crippen LogP contribution in [0, 0.1) is 5.82 Å². The topological polar surface area (TPSA) is 82.3 Å². The van der Waals surface area contributed by atoms with Gasteiger partial charge in [-0.2, -0.15) is 0 Å².